The molecular weight excluding hydrogens is 404 g/mol. The number of amides is 3. The molecule has 0 spiro atoms. The largest absolute Gasteiger partial charge is 0.454 e. The number of nitrogens with one attached hydrogen (secondary N) is 1. The highest BCUT2D eigenvalue weighted by atomic mass is 79.9. The number of hydrogen-bond acceptors (Lipinski definition) is 5. The van der Waals surface area contributed by atoms with Crippen molar-refractivity contribution in [2.24, 2.45) is 11.8 Å². The van der Waals surface area contributed by atoms with Crippen molar-refractivity contribution in [2.75, 3.05) is 18.5 Å². The quantitative estimate of drug-likeness (QED) is 0.579. The van der Waals surface area contributed by atoms with E-state index in [0.717, 1.165) is 22.2 Å². The van der Waals surface area contributed by atoms with Crippen LogP contribution in [0.15, 0.2) is 28.7 Å². The Morgan fingerprint density at radius 3 is 2.42 bits per heavy atom. The van der Waals surface area contributed by atoms with Crippen molar-refractivity contribution in [1.29, 1.82) is 0 Å². The Labute approximate surface area is 159 Å². The summed E-state index contributed by atoms with van der Waals surface area (Å²) in [5.41, 5.74) is 0.564. The van der Waals surface area contributed by atoms with Crippen LogP contribution in [0.3, 0.4) is 0 Å². The molecule has 1 saturated carbocycles. The second-order valence-corrected chi connectivity index (χ2v) is 7.39. The van der Waals surface area contributed by atoms with Gasteiger partial charge in [-0.15, -0.1) is 0 Å². The number of carbonyl (C=O) groups excluding carboxylic acids is 4. The molecule has 2 atom stereocenters. The highest BCUT2D eigenvalue weighted by molar-refractivity contribution is 9.10. The van der Waals surface area contributed by atoms with E-state index in [1.54, 1.807) is 18.2 Å². The molecule has 0 bridgehead atoms. The monoisotopic (exact) mass is 422 g/mol. The van der Waals surface area contributed by atoms with E-state index in [2.05, 4.69) is 21.2 Å². The van der Waals surface area contributed by atoms with Crippen LogP contribution in [0.1, 0.15) is 25.7 Å². The van der Waals surface area contributed by atoms with Gasteiger partial charge in [-0.3, -0.25) is 24.1 Å². The molecule has 3 amide bonds. The predicted molar refractivity (Wildman–Crippen MR) is 95.9 cm³/mol. The van der Waals surface area contributed by atoms with E-state index in [1.807, 2.05) is 6.07 Å². The van der Waals surface area contributed by atoms with Crippen molar-refractivity contribution < 1.29 is 23.9 Å². The first-order valence-electron chi connectivity index (χ1n) is 8.52. The van der Waals surface area contributed by atoms with Gasteiger partial charge in [0.25, 0.3) is 5.91 Å². The SMILES string of the molecule is O=C(COC(=O)CN1C(=O)[C@H]2CCCC[C@H]2C1=O)Nc1cccc(Br)c1. The zero-order valence-corrected chi connectivity index (χ0v) is 15.7. The molecule has 3 rings (SSSR count). The Kier molecular flexibility index (Phi) is 5.70. The van der Waals surface area contributed by atoms with Crippen LogP contribution in [0.5, 0.6) is 0 Å². The standard InChI is InChI=1S/C18H19BrN2O5/c19-11-4-3-5-12(8-11)20-15(22)10-26-16(23)9-21-17(24)13-6-1-2-7-14(13)18(21)25/h3-5,8,13-14H,1-2,6-7,9-10H2,(H,20,22)/t13-,14+. The Bertz CT molecular complexity index is 727. The summed E-state index contributed by atoms with van der Waals surface area (Å²) in [6.45, 7) is -0.913. The van der Waals surface area contributed by atoms with Gasteiger partial charge in [-0.25, -0.2) is 0 Å². The van der Waals surface area contributed by atoms with Crippen LogP contribution in [-0.2, 0) is 23.9 Å². The third-order valence-corrected chi connectivity index (χ3v) is 5.19. The summed E-state index contributed by atoms with van der Waals surface area (Å²) in [4.78, 5) is 49.4. The first kappa shape index (κ1) is 18.6. The highest BCUT2D eigenvalue weighted by Gasteiger charge is 2.48. The van der Waals surface area contributed by atoms with E-state index in [9.17, 15) is 19.2 Å². The van der Waals surface area contributed by atoms with E-state index in [1.165, 1.54) is 0 Å². The van der Waals surface area contributed by atoms with Crippen LogP contribution < -0.4 is 5.32 Å². The van der Waals surface area contributed by atoms with Crippen LogP contribution in [0.4, 0.5) is 5.69 Å². The minimum atomic E-state index is -0.769. The minimum absolute atomic E-state index is 0.296. The molecule has 2 aliphatic rings. The third kappa shape index (κ3) is 4.12. The molecular formula is C18H19BrN2O5. The highest BCUT2D eigenvalue weighted by Crippen LogP contribution is 2.37. The predicted octanol–water partition coefficient (Wildman–Crippen LogP) is 2.11. The summed E-state index contributed by atoms with van der Waals surface area (Å²) in [6.07, 6.45) is 3.23. The molecule has 7 nitrogen and oxygen atoms in total. The van der Waals surface area contributed by atoms with Gasteiger partial charge in [-0.05, 0) is 31.0 Å². The maximum atomic E-state index is 12.3. The number of ether oxygens (including phenoxy) is 1. The van der Waals surface area contributed by atoms with Crippen LogP contribution in [0.25, 0.3) is 0 Å². The van der Waals surface area contributed by atoms with Crippen molar-refractivity contribution in [3.05, 3.63) is 28.7 Å². The average molecular weight is 423 g/mol. The van der Waals surface area contributed by atoms with E-state index in [0.29, 0.717) is 18.5 Å². The Morgan fingerprint density at radius 2 is 1.81 bits per heavy atom. The molecule has 0 unspecified atom stereocenters. The Balaban J connectivity index is 1.49. The molecule has 1 aromatic rings. The first-order valence-corrected chi connectivity index (χ1v) is 9.31. The van der Waals surface area contributed by atoms with Gasteiger partial charge >= 0.3 is 5.97 Å². The van der Waals surface area contributed by atoms with Crippen molar-refractivity contribution in [2.45, 2.75) is 25.7 Å². The lowest BCUT2D eigenvalue weighted by molar-refractivity contribution is -0.154. The second-order valence-electron chi connectivity index (χ2n) is 6.48. The van der Waals surface area contributed by atoms with Gasteiger partial charge < -0.3 is 10.1 Å². The summed E-state index contributed by atoms with van der Waals surface area (Å²) in [7, 11) is 0. The molecule has 0 radical (unpaired) electrons. The number of esters is 1. The lowest BCUT2D eigenvalue weighted by Gasteiger charge is -2.19. The van der Waals surface area contributed by atoms with Crippen molar-refractivity contribution >= 4 is 45.3 Å². The smallest absolute Gasteiger partial charge is 0.326 e. The lowest BCUT2D eigenvalue weighted by Crippen LogP contribution is -2.37. The number of anilines is 1. The molecule has 1 heterocycles. The number of likely N-dealkylation sites (tertiary alicyclic amines) is 1. The number of nitrogens with zero attached hydrogens (tertiary/aromatic N) is 1. The third-order valence-electron chi connectivity index (χ3n) is 4.69. The molecule has 1 aliphatic carbocycles. The van der Waals surface area contributed by atoms with Gasteiger partial charge in [0.2, 0.25) is 11.8 Å². The maximum absolute atomic E-state index is 12.3. The summed E-state index contributed by atoms with van der Waals surface area (Å²) in [6, 6.07) is 6.99. The number of fused-ring (bicyclic) bond motifs is 1. The van der Waals surface area contributed by atoms with Gasteiger partial charge in [-0.1, -0.05) is 34.8 Å². The summed E-state index contributed by atoms with van der Waals surface area (Å²) in [5, 5.41) is 2.60. The van der Waals surface area contributed by atoms with E-state index in [-0.39, 0.29) is 23.7 Å². The van der Waals surface area contributed by atoms with E-state index in [4.69, 9.17) is 4.74 Å². The molecule has 8 heteroatoms. The number of halogens is 1. The zero-order chi connectivity index (χ0) is 18.7. The number of carbonyl (C=O) groups is 4. The summed E-state index contributed by atoms with van der Waals surface area (Å²) < 4.78 is 5.71. The lowest BCUT2D eigenvalue weighted by atomic mass is 9.81. The fourth-order valence-corrected chi connectivity index (χ4v) is 3.87. The van der Waals surface area contributed by atoms with Crippen molar-refractivity contribution in [3.8, 4) is 0 Å². The van der Waals surface area contributed by atoms with Crippen LogP contribution in [-0.4, -0.2) is 41.7 Å². The zero-order valence-electron chi connectivity index (χ0n) is 14.1. The molecule has 1 aromatic carbocycles. The van der Waals surface area contributed by atoms with Gasteiger partial charge in [-0.2, -0.15) is 0 Å². The van der Waals surface area contributed by atoms with Crippen molar-refractivity contribution in [3.63, 3.8) is 0 Å². The van der Waals surface area contributed by atoms with Crippen LogP contribution >= 0.6 is 15.9 Å². The maximum Gasteiger partial charge on any atom is 0.326 e. The molecule has 1 aliphatic heterocycles. The van der Waals surface area contributed by atoms with Crippen LogP contribution in [0.2, 0.25) is 0 Å². The first-order chi connectivity index (χ1) is 12.5. The molecule has 1 saturated heterocycles. The molecule has 0 aromatic heterocycles. The Hall–Kier alpha value is -2.22. The fourth-order valence-electron chi connectivity index (χ4n) is 3.47. The van der Waals surface area contributed by atoms with Gasteiger partial charge in [0.1, 0.15) is 6.54 Å². The van der Waals surface area contributed by atoms with Gasteiger partial charge in [0, 0.05) is 10.2 Å². The Morgan fingerprint density at radius 1 is 1.15 bits per heavy atom. The molecule has 2 fully saturated rings. The summed E-state index contributed by atoms with van der Waals surface area (Å²) in [5.74, 6) is -2.46. The fraction of sp³-hybridized carbons (Fsp3) is 0.444. The summed E-state index contributed by atoms with van der Waals surface area (Å²) >= 11 is 3.29. The molecule has 26 heavy (non-hydrogen) atoms. The number of benzene rings is 1. The van der Waals surface area contributed by atoms with Gasteiger partial charge in [0.15, 0.2) is 6.61 Å². The second kappa shape index (κ2) is 7.99. The van der Waals surface area contributed by atoms with Gasteiger partial charge in [0.05, 0.1) is 11.8 Å². The topological polar surface area (TPSA) is 92.8 Å². The van der Waals surface area contributed by atoms with Crippen LogP contribution in [0, 0.1) is 11.8 Å². The van der Waals surface area contributed by atoms with Crippen molar-refractivity contribution in [1.82, 2.24) is 4.90 Å². The number of rotatable bonds is 5. The molecule has 138 valence electrons. The number of imide groups is 1. The average Bonchev–Trinajstić information content (AvgIpc) is 2.85. The normalized spacial score (nSPS) is 22.1. The van der Waals surface area contributed by atoms with E-state index >= 15 is 0 Å². The number of hydrogen-bond donors (Lipinski definition) is 1. The molecule has 1 N–H and O–H groups in total. The minimum Gasteiger partial charge on any atom is -0.454 e. The van der Waals surface area contributed by atoms with E-state index < -0.39 is 25.0 Å².